The first-order chi connectivity index (χ1) is 19.8. The van der Waals surface area contributed by atoms with Gasteiger partial charge in [0, 0.05) is 49.4 Å². The van der Waals surface area contributed by atoms with Gasteiger partial charge in [0.2, 0.25) is 0 Å². The molecule has 5 aliphatic rings. The lowest BCUT2D eigenvalue weighted by Crippen LogP contribution is -2.59. The van der Waals surface area contributed by atoms with E-state index in [9.17, 15) is 14.8 Å². The Morgan fingerprint density at radius 3 is 2.76 bits per heavy atom. The van der Waals surface area contributed by atoms with E-state index in [1.165, 1.54) is 16.2 Å². The number of aryl methyl sites for hydroxylation is 1. The van der Waals surface area contributed by atoms with Crippen LogP contribution in [-0.2, 0) is 11.8 Å². The van der Waals surface area contributed by atoms with E-state index >= 15 is 0 Å². The minimum Gasteiger partial charge on any atom is -0.461 e. The van der Waals surface area contributed by atoms with Gasteiger partial charge >= 0.3 is 6.01 Å². The van der Waals surface area contributed by atoms with Gasteiger partial charge in [-0.1, -0.05) is 0 Å². The van der Waals surface area contributed by atoms with Crippen molar-refractivity contribution in [2.24, 2.45) is 0 Å². The lowest BCUT2D eigenvalue weighted by atomic mass is 9.74. The Morgan fingerprint density at radius 2 is 1.98 bits per heavy atom. The van der Waals surface area contributed by atoms with Gasteiger partial charge in [-0.3, -0.25) is 4.90 Å². The molecule has 4 saturated heterocycles. The fourth-order valence-corrected chi connectivity index (χ4v) is 9.07. The molecule has 7 rings (SSSR count). The van der Waals surface area contributed by atoms with Crippen molar-refractivity contribution >= 4 is 33.7 Å². The molecule has 41 heavy (non-hydrogen) atoms. The van der Waals surface area contributed by atoms with Crippen molar-refractivity contribution in [3.8, 4) is 12.1 Å². The van der Waals surface area contributed by atoms with E-state index in [0.29, 0.717) is 80.1 Å². The van der Waals surface area contributed by atoms with Crippen molar-refractivity contribution in [3.05, 3.63) is 27.4 Å². The molecule has 3 atom stereocenters. The number of aliphatic hydroxyl groups is 1. The first-order valence-electron chi connectivity index (χ1n) is 14.7. The molecule has 4 aliphatic heterocycles. The molecule has 10 nitrogen and oxygen atoms in total. The quantitative estimate of drug-likeness (QED) is 0.514. The molecule has 2 aromatic rings. The van der Waals surface area contributed by atoms with Crippen molar-refractivity contribution in [1.29, 1.82) is 5.26 Å². The minimum atomic E-state index is -0.850. The van der Waals surface area contributed by atoms with Gasteiger partial charge in [0.15, 0.2) is 0 Å². The van der Waals surface area contributed by atoms with Crippen LogP contribution in [0.25, 0.3) is 4.85 Å². The number of ether oxygens (including phenoxy) is 1. The molecule has 4 fully saturated rings. The third-order valence-electron chi connectivity index (χ3n) is 9.93. The molecule has 0 aromatic carbocycles. The molecule has 0 radical (unpaired) electrons. The Labute approximate surface area is 243 Å². The molecular formula is C29H35FN8O2S. The zero-order chi connectivity index (χ0) is 28.4. The van der Waals surface area contributed by atoms with Gasteiger partial charge in [-0.2, -0.15) is 15.2 Å². The first-order valence-corrected chi connectivity index (χ1v) is 15.5. The number of halogens is 1. The largest absolute Gasteiger partial charge is 0.461 e. The highest BCUT2D eigenvalue weighted by molar-refractivity contribution is 7.16. The topological polar surface area (TPSA) is 119 Å². The van der Waals surface area contributed by atoms with Crippen LogP contribution in [0.5, 0.6) is 6.01 Å². The van der Waals surface area contributed by atoms with E-state index in [0.717, 1.165) is 50.6 Å². The molecule has 1 spiro atoms. The fraction of sp³-hybridized carbons (Fsp3) is 0.655. The zero-order valence-corrected chi connectivity index (χ0v) is 23.9. The molecule has 6 heterocycles. The lowest BCUT2D eigenvalue weighted by Gasteiger charge is -2.50. The number of nitrogens with zero attached hydrogens (tertiary/aromatic N) is 7. The number of nitriles is 1. The molecule has 0 amide bonds. The summed E-state index contributed by atoms with van der Waals surface area (Å²) in [4.78, 5) is 21.1. The predicted octanol–water partition coefficient (Wildman–Crippen LogP) is 3.55. The van der Waals surface area contributed by atoms with Gasteiger partial charge < -0.3 is 25.4 Å². The number of nitrogen functional groups attached to an aromatic ring is 1. The molecule has 0 bridgehead atoms. The number of rotatable bonds is 5. The number of anilines is 3. The van der Waals surface area contributed by atoms with Crippen molar-refractivity contribution in [1.82, 2.24) is 14.9 Å². The summed E-state index contributed by atoms with van der Waals surface area (Å²) in [5.74, 6) is 1.08. The van der Waals surface area contributed by atoms with E-state index in [1.807, 2.05) is 0 Å². The van der Waals surface area contributed by atoms with Crippen LogP contribution in [0.4, 0.5) is 26.7 Å². The summed E-state index contributed by atoms with van der Waals surface area (Å²) in [5.41, 5.74) is 7.75. The van der Waals surface area contributed by atoms with Crippen LogP contribution >= 0.6 is 11.3 Å². The Kier molecular flexibility index (Phi) is 6.49. The average Bonchev–Trinajstić information content (AvgIpc) is 3.61. The number of aliphatic hydroxyl groups excluding tert-OH is 1. The van der Waals surface area contributed by atoms with Crippen LogP contribution in [0, 0.1) is 17.9 Å². The third-order valence-corrected chi connectivity index (χ3v) is 11.0. The highest BCUT2D eigenvalue weighted by Crippen LogP contribution is 2.54. The Morgan fingerprint density at radius 1 is 1.17 bits per heavy atom. The fourth-order valence-electron chi connectivity index (χ4n) is 7.93. The van der Waals surface area contributed by atoms with Crippen molar-refractivity contribution in [2.75, 3.05) is 61.4 Å². The Hall–Kier alpha value is -3.19. The Bertz CT molecular complexity index is 1450. The maximum atomic E-state index is 14.4. The van der Waals surface area contributed by atoms with Gasteiger partial charge in [-0.25, -0.2) is 9.24 Å². The first kappa shape index (κ1) is 26.7. The van der Waals surface area contributed by atoms with E-state index in [2.05, 4.69) is 25.6 Å². The van der Waals surface area contributed by atoms with Gasteiger partial charge in [0.25, 0.3) is 5.69 Å². The van der Waals surface area contributed by atoms with Gasteiger partial charge in [0.05, 0.1) is 23.8 Å². The standard InChI is InChI=1S/C29H35FN8O2S/c1-33-23-25(36-9-2-4-19(39)6-11-36)34-27(40-17-29-7-3-10-38(29)14-18(30)12-29)35-26(23)37-15-28(16-37)8-5-21-22(28)20(13-31)24(32)41-21/h18-19,39H,2-12,14-17,32H2/t18-,19?,29+/m1/s1. The highest BCUT2D eigenvalue weighted by Gasteiger charge is 2.53. The van der Waals surface area contributed by atoms with E-state index in [-0.39, 0.29) is 23.1 Å². The third kappa shape index (κ3) is 4.30. The van der Waals surface area contributed by atoms with E-state index in [4.69, 9.17) is 27.0 Å². The summed E-state index contributed by atoms with van der Waals surface area (Å²) in [6, 6.07) is 2.54. The van der Waals surface area contributed by atoms with Gasteiger partial charge in [0.1, 0.15) is 35.5 Å². The number of alkyl halides is 1. The van der Waals surface area contributed by atoms with E-state index in [1.54, 1.807) is 0 Å². The van der Waals surface area contributed by atoms with Crippen molar-refractivity contribution in [3.63, 3.8) is 0 Å². The normalized spacial score (nSPS) is 28.6. The van der Waals surface area contributed by atoms with Crippen LogP contribution in [0.3, 0.4) is 0 Å². The molecule has 1 unspecified atom stereocenters. The number of hydrogen-bond donors (Lipinski definition) is 2. The smallest absolute Gasteiger partial charge is 0.317 e. The monoisotopic (exact) mass is 578 g/mol. The van der Waals surface area contributed by atoms with Gasteiger partial charge in [-0.05, 0) is 57.1 Å². The number of hydrogen-bond acceptors (Lipinski definition) is 10. The summed E-state index contributed by atoms with van der Waals surface area (Å²) in [7, 11) is 0. The summed E-state index contributed by atoms with van der Waals surface area (Å²) in [6.45, 7) is 12.3. The van der Waals surface area contributed by atoms with Crippen LogP contribution in [-0.4, -0.2) is 83.7 Å². The summed E-state index contributed by atoms with van der Waals surface area (Å²) < 4.78 is 20.7. The molecule has 216 valence electrons. The SMILES string of the molecule is [C-]#[N+]c1c(N2CCCC(O)CC2)nc(OC[C@@]23CCCN2C[C@H](F)C3)nc1N1CC2(CCc3sc(N)c(C#N)c32)C1. The maximum absolute atomic E-state index is 14.4. The van der Waals surface area contributed by atoms with Crippen molar-refractivity contribution in [2.45, 2.75) is 74.6 Å². The number of thiophene rings is 1. The second kappa shape index (κ2) is 9.97. The maximum Gasteiger partial charge on any atom is 0.317 e. The van der Waals surface area contributed by atoms with Crippen LogP contribution in [0.1, 0.15) is 60.9 Å². The number of fused-ring (bicyclic) bond motifs is 3. The van der Waals surface area contributed by atoms with Crippen LogP contribution in [0.15, 0.2) is 0 Å². The predicted molar refractivity (Wildman–Crippen MR) is 155 cm³/mol. The lowest BCUT2D eigenvalue weighted by molar-refractivity contribution is 0.107. The van der Waals surface area contributed by atoms with E-state index < -0.39 is 6.17 Å². The summed E-state index contributed by atoms with van der Waals surface area (Å²) >= 11 is 1.52. The molecule has 0 saturated carbocycles. The average molecular weight is 579 g/mol. The van der Waals surface area contributed by atoms with Gasteiger partial charge in [-0.15, -0.1) is 11.3 Å². The zero-order valence-electron chi connectivity index (χ0n) is 23.1. The van der Waals surface area contributed by atoms with Crippen molar-refractivity contribution < 1.29 is 14.2 Å². The molecule has 2 aromatic heterocycles. The Balaban J connectivity index is 1.22. The summed E-state index contributed by atoms with van der Waals surface area (Å²) in [6.07, 6.45) is 5.13. The number of aromatic nitrogens is 2. The highest BCUT2D eigenvalue weighted by atomic mass is 32.1. The molecule has 1 aliphatic carbocycles. The van der Waals surface area contributed by atoms with Crippen LogP contribution in [0.2, 0.25) is 0 Å². The summed E-state index contributed by atoms with van der Waals surface area (Å²) in [5, 5.41) is 20.7. The van der Waals surface area contributed by atoms with Crippen LogP contribution < -0.4 is 20.3 Å². The molecule has 12 heteroatoms. The molecule has 3 N–H and O–H groups in total. The molecular weight excluding hydrogens is 543 g/mol. The minimum absolute atomic E-state index is 0.171. The second-order valence-electron chi connectivity index (χ2n) is 12.4. The number of nitrogens with two attached hydrogens (primary N) is 1. The second-order valence-corrected chi connectivity index (χ2v) is 13.6.